The van der Waals surface area contributed by atoms with E-state index in [2.05, 4.69) is 95.0 Å². The number of benzene rings is 6. The van der Waals surface area contributed by atoms with E-state index in [1.165, 1.54) is 17.7 Å². The van der Waals surface area contributed by atoms with Gasteiger partial charge in [-0.05, 0) is 89.3 Å². The first kappa shape index (κ1) is 31.5. The zero-order valence-electron chi connectivity index (χ0n) is 28.7. The average molecular weight is 685 g/mol. The van der Waals surface area contributed by atoms with Gasteiger partial charge in [0.05, 0.1) is 28.1 Å². The zero-order valence-corrected chi connectivity index (χ0v) is 28.7. The molecule has 8 aromatic rings. The molecule has 0 saturated heterocycles. The van der Waals surface area contributed by atoms with Gasteiger partial charge in [0.15, 0.2) is 0 Å². The van der Waals surface area contributed by atoms with Crippen LogP contribution < -0.4 is 14.5 Å². The van der Waals surface area contributed by atoms with Crippen LogP contribution in [-0.4, -0.2) is 16.2 Å². The molecule has 0 fully saturated rings. The maximum Gasteiger partial charge on any atom is 0.149 e. The van der Waals surface area contributed by atoms with Gasteiger partial charge >= 0.3 is 0 Å². The van der Waals surface area contributed by atoms with Crippen molar-refractivity contribution in [2.45, 2.75) is 19.8 Å². The Morgan fingerprint density at radius 3 is 2.12 bits per heavy atom. The van der Waals surface area contributed by atoms with Gasteiger partial charge in [0.1, 0.15) is 35.6 Å². The Morgan fingerprint density at radius 2 is 1.35 bits per heavy atom. The largest absolute Gasteiger partial charge is 0.457 e. The number of ether oxygens (including phenoxy) is 1. The molecule has 0 spiro atoms. The number of fused-ring (bicyclic) bond motifs is 4. The molecule has 0 atom stereocenters. The van der Waals surface area contributed by atoms with Crippen molar-refractivity contribution in [1.82, 2.24) is 9.55 Å². The Balaban J connectivity index is 1.16. The summed E-state index contributed by atoms with van der Waals surface area (Å²) in [6.45, 7) is 4.70. The van der Waals surface area contributed by atoms with Crippen LogP contribution in [0.5, 0.6) is 11.5 Å². The van der Waals surface area contributed by atoms with Crippen LogP contribution in [0.4, 0.5) is 31.5 Å². The fraction of sp³-hybridized carbons (Fsp3) is 0.0889. The monoisotopic (exact) mass is 684 g/mol. The van der Waals surface area contributed by atoms with Gasteiger partial charge < -0.3 is 14.5 Å². The van der Waals surface area contributed by atoms with Crippen molar-refractivity contribution in [1.29, 1.82) is 0 Å². The van der Waals surface area contributed by atoms with Crippen molar-refractivity contribution < 1.29 is 13.5 Å². The fourth-order valence-electron chi connectivity index (χ4n) is 7.25. The Kier molecular flexibility index (Phi) is 7.69. The molecule has 0 saturated carbocycles. The molecular formula is C45H34F2N4O. The normalized spacial score (nSPS) is 12.6. The van der Waals surface area contributed by atoms with Gasteiger partial charge in [0, 0.05) is 40.9 Å². The summed E-state index contributed by atoms with van der Waals surface area (Å²) in [5, 5.41) is 2.24. The van der Waals surface area contributed by atoms with Gasteiger partial charge in [-0.25, -0.2) is 13.8 Å². The van der Waals surface area contributed by atoms with Crippen LogP contribution in [-0.2, 0) is 0 Å². The number of aromatic nitrogens is 2. The van der Waals surface area contributed by atoms with E-state index >= 15 is 4.39 Å². The second-order valence-corrected chi connectivity index (χ2v) is 13.4. The van der Waals surface area contributed by atoms with Crippen molar-refractivity contribution in [3.05, 3.63) is 169 Å². The van der Waals surface area contributed by atoms with Crippen LogP contribution >= 0.6 is 0 Å². The molecule has 0 amide bonds. The molecule has 0 aliphatic carbocycles. The van der Waals surface area contributed by atoms with Crippen LogP contribution in [0.25, 0.3) is 38.8 Å². The number of halogens is 2. The van der Waals surface area contributed by atoms with Gasteiger partial charge in [0.25, 0.3) is 0 Å². The minimum atomic E-state index is -0.613. The van der Waals surface area contributed by atoms with Crippen molar-refractivity contribution in [2.24, 2.45) is 0 Å². The lowest BCUT2D eigenvalue weighted by Gasteiger charge is -2.23. The van der Waals surface area contributed by atoms with Gasteiger partial charge in [-0.3, -0.25) is 4.57 Å². The van der Waals surface area contributed by atoms with E-state index in [1.54, 1.807) is 6.20 Å². The molecule has 5 nitrogen and oxygen atoms in total. The van der Waals surface area contributed by atoms with Crippen LogP contribution in [0.2, 0.25) is 0 Å². The van der Waals surface area contributed by atoms with E-state index in [9.17, 15) is 4.39 Å². The average Bonchev–Trinajstić information content (AvgIpc) is 3.71. The minimum absolute atomic E-state index is 0.310. The first-order chi connectivity index (χ1) is 25.4. The molecule has 7 heteroatoms. The Labute approximate surface area is 300 Å². The predicted octanol–water partition coefficient (Wildman–Crippen LogP) is 12.3. The van der Waals surface area contributed by atoms with E-state index in [0.29, 0.717) is 29.8 Å². The number of hydrogen-bond acceptors (Lipinski definition) is 4. The summed E-state index contributed by atoms with van der Waals surface area (Å²) in [4.78, 5) is 8.69. The summed E-state index contributed by atoms with van der Waals surface area (Å²) in [6.07, 6.45) is 1.80. The van der Waals surface area contributed by atoms with Crippen molar-refractivity contribution >= 4 is 44.6 Å². The zero-order chi connectivity index (χ0) is 35.3. The third kappa shape index (κ3) is 5.51. The molecule has 6 aromatic carbocycles. The van der Waals surface area contributed by atoms with E-state index < -0.39 is 11.6 Å². The third-order valence-corrected chi connectivity index (χ3v) is 9.82. The molecule has 254 valence electrons. The quantitative estimate of drug-likeness (QED) is 0.167. The van der Waals surface area contributed by atoms with Gasteiger partial charge in [-0.1, -0.05) is 74.5 Å². The van der Waals surface area contributed by atoms with E-state index in [1.807, 2.05) is 65.6 Å². The molecule has 2 aromatic heterocycles. The number of nitrogens with zero attached hydrogens (tertiary/aromatic N) is 4. The number of anilines is 4. The maximum atomic E-state index is 15.2. The third-order valence-electron chi connectivity index (χ3n) is 9.82. The lowest BCUT2D eigenvalue weighted by Crippen LogP contribution is -2.24. The minimum Gasteiger partial charge on any atom is -0.457 e. The number of pyridine rings is 1. The van der Waals surface area contributed by atoms with Crippen molar-refractivity contribution in [2.75, 3.05) is 16.5 Å². The Morgan fingerprint density at radius 1 is 0.596 bits per heavy atom. The summed E-state index contributed by atoms with van der Waals surface area (Å²) < 4.78 is 38.0. The summed E-state index contributed by atoms with van der Waals surface area (Å²) >= 11 is 0. The first-order valence-electron chi connectivity index (χ1n) is 17.4. The lowest BCUT2D eigenvalue weighted by atomic mass is 9.98. The van der Waals surface area contributed by atoms with Crippen LogP contribution in [0, 0.1) is 11.6 Å². The van der Waals surface area contributed by atoms with Gasteiger partial charge in [-0.15, -0.1) is 0 Å². The summed E-state index contributed by atoms with van der Waals surface area (Å²) in [5.41, 5.74) is 8.28. The second-order valence-electron chi connectivity index (χ2n) is 13.4. The standard InChI is InChI=1S/C45H34F2N4O/c1-29(2)30-14-16-31(17-15-30)32-23-34(49-28-50(43-12-6-5-11-42(43)49)41-21-18-33(46)25-39(41)47)26-36(24-32)52-35-19-20-38-37-9-3-4-10-40(37)51(44(38)27-35)45-13-7-8-22-48-45/h3-27,29H,28H2,1-2H3. The second kappa shape index (κ2) is 12.7. The van der Waals surface area contributed by atoms with E-state index in [-0.39, 0.29) is 0 Å². The highest BCUT2D eigenvalue weighted by Gasteiger charge is 2.30. The van der Waals surface area contributed by atoms with E-state index in [4.69, 9.17) is 4.74 Å². The molecule has 0 bridgehead atoms. The number of rotatable bonds is 7. The van der Waals surface area contributed by atoms with Crippen LogP contribution in [0.15, 0.2) is 152 Å². The topological polar surface area (TPSA) is 33.5 Å². The van der Waals surface area contributed by atoms with Gasteiger partial charge in [-0.2, -0.15) is 0 Å². The maximum absolute atomic E-state index is 15.2. The summed E-state index contributed by atoms with van der Waals surface area (Å²) in [7, 11) is 0. The highest BCUT2D eigenvalue weighted by Crippen LogP contribution is 2.46. The smallest absolute Gasteiger partial charge is 0.149 e. The predicted molar refractivity (Wildman–Crippen MR) is 207 cm³/mol. The van der Waals surface area contributed by atoms with Crippen molar-refractivity contribution in [3.63, 3.8) is 0 Å². The Bertz CT molecular complexity index is 2600. The molecule has 1 aliphatic rings. The number of hydrogen-bond donors (Lipinski definition) is 0. The molecule has 0 radical (unpaired) electrons. The van der Waals surface area contributed by atoms with Gasteiger partial charge in [0.2, 0.25) is 0 Å². The van der Waals surface area contributed by atoms with Crippen LogP contribution in [0.1, 0.15) is 25.3 Å². The SMILES string of the molecule is CC(C)c1ccc(-c2cc(Oc3ccc4c5ccccc5n(-c5ccccn5)c4c3)cc(N3CN(c4ccc(F)cc4F)c4ccccc43)c2)cc1. The molecular weight excluding hydrogens is 651 g/mol. The molecule has 52 heavy (non-hydrogen) atoms. The van der Waals surface area contributed by atoms with Crippen molar-refractivity contribution in [3.8, 4) is 28.4 Å². The molecule has 0 unspecified atom stereocenters. The Hall–Kier alpha value is -6.47. The molecule has 3 heterocycles. The summed E-state index contributed by atoms with van der Waals surface area (Å²) in [5.74, 6) is 1.36. The molecule has 0 N–H and O–H groups in total. The first-order valence-corrected chi connectivity index (χ1v) is 17.4. The summed E-state index contributed by atoms with van der Waals surface area (Å²) in [6, 6.07) is 46.9. The lowest BCUT2D eigenvalue weighted by molar-refractivity contribution is 0.483. The van der Waals surface area contributed by atoms with E-state index in [0.717, 1.165) is 61.9 Å². The van der Waals surface area contributed by atoms with Crippen LogP contribution in [0.3, 0.4) is 0 Å². The number of para-hydroxylation sites is 3. The highest BCUT2D eigenvalue weighted by atomic mass is 19.1. The molecule has 9 rings (SSSR count). The molecule has 1 aliphatic heterocycles. The highest BCUT2D eigenvalue weighted by molar-refractivity contribution is 6.09. The fourth-order valence-corrected chi connectivity index (χ4v) is 7.25.